The number of nitrogens with one attached hydrogen (secondary N) is 1. The van der Waals surface area contributed by atoms with Crippen molar-refractivity contribution in [2.45, 2.75) is 32.6 Å². The van der Waals surface area contributed by atoms with Crippen LogP contribution in [0.1, 0.15) is 57.5 Å². The molecule has 4 rings (SSSR count). The van der Waals surface area contributed by atoms with Crippen molar-refractivity contribution in [1.82, 2.24) is 10.3 Å². The largest absolute Gasteiger partial charge is 0.481 e. The molecule has 9 nitrogen and oxygen atoms in total. The summed E-state index contributed by atoms with van der Waals surface area (Å²) in [6.45, 7) is 3.41. The molecular weight excluding hydrogens is 500 g/mol. The van der Waals surface area contributed by atoms with Gasteiger partial charge in [-0.05, 0) is 66.5 Å². The first kappa shape index (κ1) is 27.8. The molecule has 0 bridgehead atoms. The van der Waals surface area contributed by atoms with Crippen LogP contribution in [0.15, 0.2) is 54.7 Å². The molecule has 0 radical (unpaired) electrons. The van der Waals surface area contributed by atoms with Crippen LogP contribution in [0.2, 0.25) is 0 Å². The van der Waals surface area contributed by atoms with Crippen molar-refractivity contribution >= 4 is 17.8 Å². The van der Waals surface area contributed by atoms with Crippen molar-refractivity contribution in [3.8, 4) is 22.8 Å². The lowest BCUT2D eigenvalue weighted by Gasteiger charge is -2.21. The number of aliphatic hydroxyl groups excluding tert-OH is 1. The summed E-state index contributed by atoms with van der Waals surface area (Å²) in [6, 6.07) is 13.9. The minimum atomic E-state index is -0.842. The number of carbonyl (C=O) groups excluding carboxylic acids is 2. The molecule has 1 fully saturated rings. The first-order chi connectivity index (χ1) is 18.7. The number of carbonyl (C=O) groups is 3. The third kappa shape index (κ3) is 6.43. The van der Waals surface area contributed by atoms with Crippen molar-refractivity contribution in [1.29, 1.82) is 0 Å². The molecule has 1 saturated carbocycles. The number of amides is 1. The van der Waals surface area contributed by atoms with Gasteiger partial charge in [0.1, 0.15) is 5.75 Å². The van der Waals surface area contributed by atoms with Gasteiger partial charge in [0, 0.05) is 24.4 Å². The van der Waals surface area contributed by atoms with E-state index >= 15 is 0 Å². The first-order valence-electron chi connectivity index (χ1n) is 12.8. The van der Waals surface area contributed by atoms with Gasteiger partial charge in [-0.2, -0.15) is 0 Å². The zero-order valence-electron chi connectivity index (χ0n) is 22.1. The lowest BCUT2D eigenvalue weighted by molar-refractivity contribution is -0.142. The Kier molecular flexibility index (Phi) is 8.61. The number of aliphatic carboxylic acids is 1. The third-order valence-corrected chi connectivity index (χ3v) is 7.00. The number of benzene rings is 2. The molecular formula is C30H32N2O7. The number of hydrogen-bond acceptors (Lipinski definition) is 7. The fourth-order valence-corrected chi connectivity index (χ4v) is 4.82. The van der Waals surface area contributed by atoms with Crippen LogP contribution in [0.5, 0.6) is 11.6 Å². The van der Waals surface area contributed by atoms with E-state index in [4.69, 9.17) is 14.6 Å². The Morgan fingerprint density at radius 3 is 2.51 bits per heavy atom. The number of hydrogen-bond donors (Lipinski definition) is 3. The van der Waals surface area contributed by atoms with E-state index in [2.05, 4.69) is 10.3 Å². The summed E-state index contributed by atoms with van der Waals surface area (Å²) >= 11 is 0. The molecule has 2 aromatic carbocycles. The second-order valence-corrected chi connectivity index (χ2v) is 9.73. The van der Waals surface area contributed by atoms with Crippen LogP contribution >= 0.6 is 0 Å². The molecule has 1 aromatic heterocycles. The van der Waals surface area contributed by atoms with Crippen molar-refractivity contribution in [3.63, 3.8) is 0 Å². The van der Waals surface area contributed by atoms with E-state index in [1.165, 1.54) is 13.3 Å². The summed E-state index contributed by atoms with van der Waals surface area (Å²) in [5, 5.41) is 21.3. The smallest absolute Gasteiger partial charge is 0.343 e. The van der Waals surface area contributed by atoms with E-state index in [0.29, 0.717) is 45.4 Å². The predicted molar refractivity (Wildman–Crippen MR) is 144 cm³/mol. The second kappa shape index (κ2) is 12.1. The van der Waals surface area contributed by atoms with E-state index in [1.54, 1.807) is 56.3 Å². The molecule has 3 aromatic rings. The highest BCUT2D eigenvalue weighted by atomic mass is 16.5. The summed E-state index contributed by atoms with van der Waals surface area (Å²) in [7, 11) is 1.48. The quantitative estimate of drug-likeness (QED) is 0.247. The van der Waals surface area contributed by atoms with Crippen molar-refractivity contribution < 1.29 is 34.1 Å². The Hall–Kier alpha value is -4.24. The summed E-state index contributed by atoms with van der Waals surface area (Å²) in [5.41, 5.74) is 3.39. The lowest BCUT2D eigenvalue weighted by atomic mass is 9.83. The Bertz CT molecular complexity index is 1380. The molecule has 1 aliphatic carbocycles. The number of aliphatic hydroxyl groups is 1. The summed E-state index contributed by atoms with van der Waals surface area (Å²) in [5.74, 6) is -1.46. The van der Waals surface area contributed by atoms with E-state index in [1.807, 2.05) is 6.07 Å². The highest BCUT2D eigenvalue weighted by molar-refractivity contribution is 6.01. The van der Waals surface area contributed by atoms with E-state index in [-0.39, 0.29) is 19.1 Å². The average Bonchev–Trinajstić information content (AvgIpc) is 3.76. The van der Waals surface area contributed by atoms with Crippen LogP contribution in [0.25, 0.3) is 11.1 Å². The third-order valence-electron chi connectivity index (χ3n) is 7.00. The topological polar surface area (TPSA) is 135 Å². The molecule has 9 heteroatoms. The van der Waals surface area contributed by atoms with Crippen LogP contribution in [0, 0.1) is 18.8 Å². The first-order valence-corrected chi connectivity index (χ1v) is 12.8. The summed E-state index contributed by atoms with van der Waals surface area (Å²) < 4.78 is 10.9. The van der Waals surface area contributed by atoms with E-state index < -0.39 is 23.8 Å². The Morgan fingerprint density at radius 1 is 1.10 bits per heavy atom. The molecule has 1 aliphatic rings. The average molecular weight is 533 g/mol. The molecule has 0 unspecified atom stereocenters. The van der Waals surface area contributed by atoms with E-state index in [0.717, 1.165) is 18.4 Å². The fraction of sp³-hybridized carbons (Fsp3) is 0.333. The number of pyridine rings is 1. The predicted octanol–water partition coefficient (Wildman–Crippen LogP) is 4.22. The van der Waals surface area contributed by atoms with Crippen LogP contribution in [-0.4, -0.2) is 53.3 Å². The number of carboxylic acid groups (broad SMARTS) is 1. The number of aromatic nitrogens is 1. The molecule has 3 N–H and O–H groups in total. The molecule has 0 saturated heterocycles. The lowest BCUT2D eigenvalue weighted by Crippen LogP contribution is -2.27. The molecule has 0 spiro atoms. The number of rotatable bonds is 11. The Morgan fingerprint density at radius 2 is 1.87 bits per heavy atom. The second-order valence-electron chi connectivity index (χ2n) is 9.73. The maximum Gasteiger partial charge on any atom is 0.343 e. The van der Waals surface area contributed by atoms with Gasteiger partial charge in [0.15, 0.2) is 0 Å². The zero-order valence-corrected chi connectivity index (χ0v) is 22.1. The van der Waals surface area contributed by atoms with Gasteiger partial charge in [0.2, 0.25) is 5.88 Å². The standard InChI is InChI=1S/C30H32N2O7/c1-17-13-20(24-15-26(38-3)32-16-25(24)28(34)31-11-12-33)9-10-23(17)30(37)39-22-6-4-5-21(14-22)27(19-7-8-19)18(2)29(35)36/h4-6,9-10,13-16,18-19,27,33H,7-8,11-12H2,1-3H3,(H,31,34)(H,35,36)/t18-,27-/m0/s1. The molecule has 204 valence electrons. The fourth-order valence-electron chi connectivity index (χ4n) is 4.82. The normalized spacial score (nSPS) is 14.3. The SMILES string of the molecule is COc1cc(-c2ccc(C(=O)Oc3cccc([C@H](C4CC4)[C@H](C)C(=O)O)c3)c(C)c2)c(C(=O)NCCO)cn1. The highest BCUT2D eigenvalue weighted by Crippen LogP contribution is 2.47. The van der Waals surface area contributed by atoms with Gasteiger partial charge in [-0.25, -0.2) is 9.78 Å². The zero-order chi connectivity index (χ0) is 28.1. The molecule has 1 amide bonds. The van der Waals surface area contributed by atoms with Gasteiger partial charge in [0.05, 0.1) is 30.8 Å². The van der Waals surface area contributed by atoms with Gasteiger partial charge in [-0.1, -0.05) is 31.2 Å². The minimum absolute atomic E-state index is 0.103. The summed E-state index contributed by atoms with van der Waals surface area (Å²) in [4.78, 5) is 41.6. The molecule has 1 heterocycles. The number of methoxy groups -OCH3 is 1. The van der Waals surface area contributed by atoms with Crippen molar-refractivity contribution in [3.05, 3.63) is 77.0 Å². The van der Waals surface area contributed by atoms with Crippen LogP contribution in [0.4, 0.5) is 0 Å². The monoisotopic (exact) mass is 532 g/mol. The Labute approximate surface area is 226 Å². The van der Waals surface area contributed by atoms with Crippen LogP contribution < -0.4 is 14.8 Å². The number of ether oxygens (including phenoxy) is 2. The van der Waals surface area contributed by atoms with Crippen molar-refractivity contribution in [2.24, 2.45) is 11.8 Å². The van der Waals surface area contributed by atoms with Crippen molar-refractivity contribution in [2.75, 3.05) is 20.3 Å². The maximum absolute atomic E-state index is 13.1. The van der Waals surface area contributed by atoms with Gasteiger partial charge in [-0.3, -0.25) is 9.59 Å². The minimum Gasteiger partial charge on any atom is -0.481 e. The maximum atomic E-state index is 13.1. The number of nitrogens with zero attached hydrogens (tertiary/aromatic N) is 1. The number of carboxylic acids is 1. The molecule has 0 aliphatic heterocycles. The molecule has 39 heavy (non-hydrogen) atoms. The summed E-state index contributed by atoms with van der Waals surface area (Å²) in [6.07, 6.45) is 3.39. The Balaban J connectivity index is 1.58. The number of esters is 1. The van der Waals surface area contributed by atoms with Crippen LogP contribution in [0.3, 0.4) is 0 Å². The molecule has 2 atom stereocenters. The van der Waals surface area contributed by atoms with Gasteiger partial charge >= 0.3 is 11.9 Å². The van der Waals surface area contributed by atoms with Gasteiger partial charge in [0.25, 0.3) is 5.91 Å². The highest BCUT2D eigenvalue weighted by Gasteiger charge is 2.38. The number of aryl methyl sites for hydroxylation is 1. The van der Waals surface area contributed by atoms with Crippen LogP contribution in [-0.2, 0) is 4.79 Å². The van der Waals surface area contributed by atoms with Gasteiger partial charge < -0.3 is 25.0 Å². The van der Waals surface area contributed by atoms with Gasteiger partial charge in [-0.15, -0.1) is 0 Å². The van der Waals surface area contributed by atoms with E-state index in [9.17, 15) is 19.5 Å².